The number of nitrogens with zero attached hydrogens (tertiary/aromatic N) is 1. The minimum Gasteiger partial charge on any atom is -0.506 e. The van der Waals surface area contributed by atoms with Gasteiger partial charge in [-0.3, -0.25) is 0 Å². The Bertz CT molecular complexity index is 446. The first kappa shape index (κ1) is 12.1. The lowest BCUT2D eigenvalue weighted by Gasteiger charge is -2.07. The highest BCUT2D eigenvalue weighted by Crippen LogP contribution is 2.24. The maximum Gasteiger partial charge on any atom is 0.338 e. The smallest absolute Gasteiger partial charge is 0.338 e. The van der Waals surface area contributed by atoms with Crippen molar-refractivity contribution in [2.24, 2.45) is 0 Å². The van der Waals surface area contributed by atoms with Crippen molar-refractivity contribution in [2.45, 2.75) is 20.3 Å². The maximum absolute atomic E-state index is 11.5. The zero-order valence-electron chi connectivity index (χ0n) is 9.28. The molecule has 0 aliphatic rings. The number of aryl methyl sites for hydroxylation is 1. The Morgan fingerprint density at radius 3 is 2.69 bits per heavy atom. The van der Waals surface area contributed by atoms with Crippen molar-refractivity contribution < 1.29 is 14.6 Å². The van der Waals surface area contributed by atoms with Crippen molar-refractivity contribution in [1.29, 1.82) is 5.26 Å². The van der Waals surface area contributed by atoms with Gasteiger partial charge in [-0.25, -0.2) is 4.79 Å². The van der Waals surface area contributed by atoms with Gasteiger partial charge in [-0.2, -0.15) is 5.26 Å². The lowest BCUT2D eigenvalue weighted by atomic mass is 10.0. The molecular formula is C12H13NO3. The van der Waals surface area contributed by atoms with E-state index in [0.29, 0.717) is 17.5 Å². The molecule has 4 heteroatoms. The molecule has 0 aliphatic heterocycles. The van der Waals surface area contributed by atoms with Crippen LogP contribution in [0.1, 0.15) is 35.3 Å². The summed E-state index contributed by atoms with van der Waals surface area (Å²) in [6.45, 7) is 3.83. The average Bonchev–Trinajstić information content (AvgIpc) is 2.29. The first-order chi connectivity index (χ1) is 7.63. The molecule has 4 nitrogen and oxygen atoms in total. The van der Waals surface area contributed by atoms with Crippen molar-refractivity contribution >= 4 is 5.97 Å². The minimum atomic E-state index is -0.478. The first-order valence-corrected chi connectivity index (χ1v) is 5.07. The summed E-state index contributed by atoms with van der Waals surface area (Å²) < 4.78 is 4.84. The van der Waals surface area contributed by atoms with Gasteiger partial charge < -0.3 is 9.84 Å². The van der Waals surface area contributed by atoms with Crippen LogP contribution >= 0.6 is 0 Å². The number of esters is 1. The molecule has 16 heavy (non-hydrogen) atoms. The van der Waals surface area contributed by atoms with Crippen LogP contribution in [-0.4, -0.2) is 17.7 Å². The molecule has 1 N–H and O–H groups in total. The van der Waals surface area contributed by atoms with E-state index in [9.17, 15) is 9.90 Å². The van der Waals surface area contributed by atoms with E-state index >= 15 is 0 Å². The van der Waals surface area contributed by atoms with Crippen molar-refractivity contribution in [1.82, 2.24) is 0 Å². The van der Waals surface area contributed by atoms with Gasteiger partial charge in [0.25, 0.3) is 0 Å². The van der Waals surface area contributed by atoms with Crippen molar-refractivity contribution in [2.75, 3.05) is 6.61 Å². The molecule has 0 bridgehead atoms. The number of aromatic hydroxyl groups is 1. The molecule has 0 aliphatic carbocycles. The lowest BCUT2D eigenvalue weighted by Crippen LogP contribution is -2.06. The average molecular weight is 219 g/mol. The summed E-state index contributed by atoms with van der Waals surface area (Å²) in [6.07, 6.45) is 0.549. The minimum absolute atomic E-state index is 0.0574. The molecule has 0 saturated carbocycles. The number of phenolic OH excluding ortho intramolecular Hbond substituents is 1. The monoisotopic (exact) mass is 219 g/mol. The molecule has 0 saturated heterocycles. The Kier molecular flexibility index (Phi) is 3.90. The summed E-state index contributed by atoms with van der Waals surface area (Å²) in [6, 6.07) is 4.74. The highest BCUT2D eigenvalue weighted by molar-refractivity contribution is 5.90. The molecule has 1 aromatic rings. The van der Waals surface area contributed by atoms with Crippen LogP contribution in [-0.2, 0) is 11.2 Å². The fraction of sp³-hybridized carbons (Fsp3) is 0.333. The Morgan fingerprint density at radius 1 is 1.50 bits per heavy atom. The Labute approximate surface area is 94.1 Å². The Balaban J connectivity index is 3.23. The molecule has 84 valence electrons. The van der Waals surface area contributed by atoms with Crippen LogP contribution in [0.5, 0.6) is 5.75 Å². The van der Waals surface area contributed by atoms with Gasteiger partial charge in [-0.05, 0) is 31.0 Å². The third kappa shape index (κ3) is 2.31. The highest BCUT2D eigenvalue weighted by Gasteiger charge is 2.13. The van der Waals surface area contributed by atoms with E-state index in [-0.39, 0.29) is 17.9 Å². The summed E-state index contributed by atoms with van der Waals surface area (Å²) >= 11 is 0. The van der Waals surface area contributed by atoms with Gasteiger partial charge in [-0.15, -0.1) is 0 Å². The van der Waals surface area contributed by atoms with Crippen LogP contribution < -0.4 is 0 Å². The van der Waals surface area contributed by atoms with E-state index in [4.69, 9.17) is 10.00 Å². The maximum atomic E-state index is 11.5. The highest BCUT2D eigenvalue weighted by atomic mass is 16.5. The second-order valence-corrected chi connectivity index (χ2v) is 3.22. The number of carbonyl (C=O) groups excluding carboxylic acids is 1. The van der Waals surface area contributed by atoms with Crippen LogP contribution in [0.2, 0.25) is 0 Å². The molecule has 0 unspecified atom stereocenters. The van der Waals surface area contributed by atoms with Gasteiger partial charge in [-0.1, -0.05) is 6.92 Å². The molecule has 1 rings (SSSR count). The van der Waals surface area contributed by atoms with Crippen LogP contribution in [0.3, 0.4) is 0 Å². The van der Waals surface area contributed by atoms with Crippen LogP contribution in [0.4, 0.5) is 0 Å². The van der Waals surface area contributed by atoms with E-state index in [1.807, 2.05) is 13.0 Å². The van der Waals surface area contributed by atoms with E-state index < -0.39 is 5.97 Å². The van der Waals surface area contributed by atoms with Crippen LogP contribution in [0.25, 0.3) is 0 Å². The third-order valence-electron chi connectivity index (χ3n) is 2.20. The number of hydrogen-bond acceptors (Lipinski definition) is 4. The van der Waals surface area contributed by atoms with Gasteiger partial charge in [0.1, 0.15) is 11.8 Å². The molecule has 0 heterocycles. The number of benzene rings is 1. The predicted octanol–water partition coefficient (Wildman–Crippen LogP) is 2.00. The van der Waals surface area contributed by atoms with Gasteiger partial charge in [0, 0.05) is 0 Å². The molecule has 0 fully saturated rings. The predicted molar refractivity (Wildman–Crippen MR) is 58.2 cm³/mol. The molecular weight excluding hydrogens is 206 g/mol. The summed E-state index contributed by atoms with van der Waals surface area (Å²) in [7, 11) is 0. The van der Waals surface area contributed by atoms with Crippen molar-refractivity contribution in [3.05, 3.63) is 28.8 Å². The lowest BCUT2D eigenvalue weighted by molar-refractivity contribution is 0.0526. The molecule has 1 aromatic carbocycles. The first-order valence-electron chi connectivity index (χ1n) is 5.07. The quantitative estimate of drug-likeness (QED) is 0.789. The fourth-order valence-corrected chi connectivity index (χ4v) is 1.38. The molecule has 0 atom stereocenters. The number of hydrogen-bond donors (Lipinski definition) is 1. The Morgan fingerprint density at radius 2 is 2.19 bits per heavy atom. The number of phenols is 1. The third-order valence-corrected chi connectivity index (χ3v) is 2.20. The summed E-state index contributed by atoms with van der Waals surface area (Å²) in [5.41, 5.74) is 0.970. The van der Waals surface area contributed by atoms with Crippen molar-refractivity contribution in [3.63, 3.8) is 0 Å². The Hall–Kier alpha value is -2.02. The van der Waals surface area contributed by atoms with Gasteiger partial charge >= 0.3 is 5.97 Å². The molecule has 0 radical (unpaired) electrons. The second kappa shape index (κ2) is 5.17. The molecule has 0 aromatic heterocycles. The van der Waals surface area contributed by atoms with E-state index in [1.54, 1.807) is 13.0 Å². The van der Waals surface area contributed by atoms with Gasteiger partial charge in [0.15, 0.2) is 0 Å². The number of carbonyl (C=O) groups is 1. The summed E-state index contributed by atoms with van der Waals surface area (Å²) in [4.78, 5) is 11.5. The van der Waals surface area contributed by atoms with Gasteiger partial charge in [0.2, 0.25) is 0 Å². The second-order valence-electron chi connectivity index (χ2n) is 3.22. The van der Waals surface area contributed by atoms with E-state index in [0.717, 1.165) is 0 Å². The summed E-state index contributed by atoms with van der Waals surface area (Å²) in [5.74, 6) is -0.535. The molecule has 0 amide bonds. The van der Waals surface area contributed by atoms with Crippen LogP contribution in [0, 0.1) is 11.3 Å². The SMILES string of the molecule is CCOC(=O)c1cc(C#N)c(O)c(CC)c1. The van der Waals surface area contributed by atoms with E-state index in [2.05, 4.69) is 0 Å². The zero-order valence-corrected chi connectivity index (χ0v) is 9.28. The summed E-state index contributed by atoms with van der Waals surface area (Å²) in [5, 5.41) is 18.5. The fourth-order valence-electron chi connectivity index (χ4n) is 1.38. The molecule has 0 spiro atoms. The zero-order chi connectivity index (χ0) is 12.1. The van der Waals surface area contributed by atoms with E-state index in [1.165, 1.54) is 6.07 Å². The largest absolute Gasteiger partial charge is 0.506 e. The van der Waals surface area contributed by atoms with Crippen LogP contribution in [0.15, 0.2) is 12.1 Å². The standard InChI is InChI=1S/C12H13NO3/c1-3-8-5-9(12(15)16-4-2)6-10(7-13)11(8)14/h5-6,14H,3-4H2,1-2H3. The van der Waals surface area contributed by atoms with Gasteiger partial charge in [0.05, 0.1) is 17.7 Å². The number of rotatable bonds is 3. The van der Waals surface area contributed by atoms with Crippen molar-refractivity contribution in [3.8, 4) is 11.8 Å². The number of ether oxygens (including phenoxy) is 1. The normalized spacial score (nSPS) is 9.56. The number of nitriles is 1. The topological polar surface area (TPSA) is 70.3 Å².